The van der Waals surface area contributed by atoms with Crippen LogP contribution in [0.25, 0.3) is 0 Å². The molecule has 32 heavy (non-hydrogen) atoms. The van der Waals surface area contributed by atoms with Crippen LogP contribution < -0.4 is 10.6 Å². The minimum absolute atomic E-state index is 0.229. The molecule has 1 aliphatic rings. The Kier molecular flexibility index (Phi) is 8.24. The number of rotatable bonds is 10. The van der Waals surface area contributed by atoms with E-state index in [4.69, 9.17) is 9.47 Å². The van der Waals surface area contributed by atoms with Crippen molar-refractivity contribution in [2.75, 3.05) is 13.7 Å². The molecule has 1 aliphatic carbocycles. The van der Waals surface area contributed by atoms with Crippen molar-refractivity contribution >= 4 is 17.8 Å². The topological polar surface area (TPSA) is 93.7 Å². The molecule has 0 heterocycles. The molecule has 176 valence electrons. The molecule has 0 spiro atoms. The van der Waals surface area contributed by atoms with Gasteiger partial charge >= 0.3 is 5.97 Å². The Bertz CT molecular complexity index is 832. The van der Waals surface area contributed by atoms with E-state index in [1.165, 1.54) is 7.11 Å². The maximum atomic E-state index is 13.5. The number of methoxy groups -OCH3 is 1. The first-order valence-corrected chi connectivity index (χ1v) is 11.0. The summed E-state index contributed by atoms with van der Waals surface area (Å²) in [5.74, 6) is -1.56. The van der Waals surface area contributed by atoms with Crippen molar-refractivity contribution in [3.63, 3.8) is 0 Å². The summed E-state index contributed by atoms with van der Waals surface area (Å²) in [7, 11) is 1.27. The lowest BCUT2D eigenvalue weighted by atomic mass is 9.84. The van der Waals surface area contributed by atoms with Gasteiger partial charge in [0.15, 0.2) is 6.10 Å². The molecule has 1 unspecified atom stereocenters. The highest BCUT2D eigenvalue weighted by atomic mass is 16.6. The van der Waals surface area contributed by atoms with Gasteiger partial charge in [0, 0.05) is 6.61 Å². The Morgan fingerprint density at radius 3 is 2.31 bits per heavy atom. The number of esters is 1. The molecule has 0 bridgehead atoms. The molecular formula is C25H36N2O5. The van der Waals surface area contributed by atoms with Crippen LogP contribution >= 0.6 is 0 Å². The molecule has 1 fully saturated rings. The summed E-state index contributed by atoms with van der Waals surface area (Å²) in [4.78, 5) is 39.2. The van der Waals surface area contributed by atoms with Gasteiger partial charge < -0.3 is 20.1 Å². The van der Waals surface area contributed by atoms with Gasteiger partial charge in [0.1, 0.15) is 6.04 Å². The lowest BCUT2D eigenvalue weighted by molar-refractivity contribution is -0.164. The van der Waals surface area contributed by atoms with Gasteiger partial charge in [0.2, 0.25) is 11.8 Å². The third-order valence-corrected chi connectivity index (χ3v) is 6.04. The average Bonchev–Trinajstić information content (AvgIpc) is 3.50. The maximum absolute atomic E-state index is 13.5. The number of amides is 2. The molecule has 1 aromatic carbocycles. The normalized spacial score (nSPS) is 22.8. The van der Waals surface area contributed by atoms with Gasteiger partial charge in [0.25, 0.3) is 0 Å². The van der Waals surface area contributed by atoms with Crippen molar-refractivity contribution in [1.82, 2.24) is 10.6 Å². The molecular weight excluding hydrogens is 408 g/mol. The Labute approximate surface area is 190 Å². The fraction of sp³-hybridized carbons (Fsp3) is 0.560. The van der Waals surface area contributed by atoms with Crippen LogP contribution in [-0.4, -0.2) is 43.6 Å². The number of benzene rings is 1. The molecule has 2 amide bonds. The number of hydrogen-bond acceptors (Lipinski definition) is 5. The van der Waals surface area contributed by atoms with Crippen LogP contribution in [0.3, 0.4) is 0 Å². The molecule has 7 heteroatoms. The van der Waals surface area contributed by atoms with Gasteiger partial charge in [-0.05, 0) is 37.2 Å². The predicted molar refractivity (Wildman–Crippen MR) is 123 cm³/mol. The van der Waals surface area contributed by atoms with Crippen LogP contribution in [0.4, 0.5) is 0 Å². The fourth-order valence-electron chi connectivity index (χ4n) is 4.04. The van der Waals surface area contributed by atoms with Gasteiger partial charge in [-0.15, -0.1) is 6.58 Å². The van der Waals surface area contributed by atoms with E-state index in [1.807, 2.05) is 58.0 Å². The van der Waals surface area contributed by atoms with E-state index in [2.05, 4.69) is 17.2 Å². The van der Waals surface area contributed by atoms with Crippen LogP contribution in [0.15, 0.2) is 43.0 Å². The van der Waals surface area contributed by atoms with Gasteiger partial charge in [-0.25, -0.2) is 4.79 Å². The minimum Gasteiger partial charge on any atom is -0.467 e. The Hall–Kier alpha value is -2.67. The number of hydrogen-bond donors (Lipinski definition) is 2. The van der Waals surface area contributed by atoms with Gasteiger partial charge in [0.05, 0.1) is 18.6 Å². The van der Waals surface area contributed by atoms with Gasteiger partial charge in [-0.1, -0.05) is 57.2 Å². The summed E-state index contributed by atoms with van der Waals surface area (Å²) >= 11 is 0. The summed E-state index contributed by atoms with van der Waals surface area (Å²) in [6.45, 7) is 13.3. The molecule has 5 atom stereocenters. The van der Waals surface area contributed by atoms with Crippen LogP contribution in [-0.2, 0) is 23.9 Å². The van der Waals surface area contributed by atoms with Crippen molar-refractivity contribution in [3.05, 3.63) is 48.6 Å². The lowest BCUT2D eigenvalue weighted by Gasteiger charge is -2.34. The van der Waals surface area contributed by atoms with Crippen molar-refractivity contribution in [1.29, 1.82) is 0 Å². The van der Waals surface area contributed by atoms with E-state index in [0.29, 0.717) is 6.42 Å². The third-order valence-electron chi connectivity index (χ3n) is 6.04. The van der Waals surface area contributed by atoms with Crippen molar-refractivity contribution in [3.8, 4) is 0 Å². The number of carbonyl (C=O) groups excluding carboxylic acids is 3. The molecule has 0 radical (unpaired) electrons. The second kappa shape index (κ2) is 10.3. The van der Waals surface area contributed by atoms with E-state index in [-0.39, 0.29) is 24.5 Å². The van der Waals surface area contributed by atoms with Gasteiger partial charge in [-0.2, -0.15) is 0 Å². The van der Waals surface area contributed by atoms with Crippen molar-refractivity contribution in [2.45, 2.75) is 59.2 Å². The number of carbonyl (C=O) groups is 3. The average molecular weight is 445 g/mol. The van der Waals surface area contributed by atoms with Crippen molar-refractivity contribution in [2.24, 2.45) is 16.7 Å². The minimum atomic E-state index is -1.14. The van der Waals surface area contributed by atoms with Crippen LogP contribution in [0, 0.1) is 16.7 Å². The van der Waals surface area contributed by atoms with E-state index < -0.39 is 34.9 Å². The summed E-state index contributed by atoms with van der Waals surface area (Å²) in [6.07, 6.45) is 0.992. The van der Waals surface area contributed by atoms with E-state index in [0.717, 1.165) is 5.56 Å². The largest absolute Gasteiger partial charge is 0.467 e. The monoisotopic (exact) mass is 444 g/mol. The standard InChI is InChI=1S/C25H36N2O5/c1-8-18-15-25(18,20(32-9-2)22(29)31-7)23(30)27-19(24(4,5)6)21(28)26-16(3)17-13-11-10-12-14-17/h8,10-14,16,18-20H,1,9,15H2,2-7H3,(H,26,28)(H,27,30)/t16-,18-,19-,20-,25?/m1/s1. The smallest absolute Gasteiger partial charge is 0.336 e. The van der Waals surface area contributed by atoms with E-state index in [1.54, 1.807) is 13.0 Å². The highest BCUT2D eigenvalue weighted by molar-refractivity contribution is 5.96. The lowest BCUT2D eigenvalue weighted by Crippen LogP contribution is -2.57. The molecule has 1 saturated carbocycles. The van der Waals surface area contributed by atoms with Crippen molar-refractivity contribution < 1.29 is 23.9 Å². The quantitative estimate of drug-likeness (QED) is 0.427. The second-order valence-corrected chi connectivity index (χ2v) is 9.36. The zero-order valence-corrected chi connectivity index (χ0v) is 19.9. The highest BCUT2D eigenvalue weighted by Gasteiger charge is 2.67. The van der Waals surface area contributed by atoms with Crippen LogP contribution in [0.1, 0.15) is 52.6 Å². The number of ether oxygens (including phenoxy) is 2. The number of nitrogens with one attached hydrogen (secondary N) is 2. The third kappa shape index (κ3) is 5.38. The summed E-state index contributed by atoms with van der Waals surface area (Å²) < 4.78 is 10.5. The summed E-state index contributed by atoms with van der Waals surface area (Å²) in [5, 5.41) is 5.91. The molecule has 1 aromatic rings. The second-order valence-electron chi connectivity index (χ2n) is 9.36. The molecule has 2 N–H and O–H groups in total. The van der Waals surface area contributed by atoms with E-state index >= 15 is 0 Å². The number of allylic oxidation sites excluding steroid dienone is 1. The fourth-order valence-corrected chi connectivity index (χ4v) is 4.04. The van der Waals surface area contributed by atoms with E-state index in [9.17, 15) is 14.4 Å². The Balaban J connectivity index is 2.27. The first-order valence-electron chi connectivity index (χ1n) is 11.0. The Morgan fingerprint density at radius 2 is 1.84 bits per heavy atom. The summed E-state index contributed by atoms with van der Waals surface area (Å²) in [5.41, 5.74) is -0.741. The maximum Gasteiger partial charge on any atom is 0.336 e. The molecule has 7 nitrogen and oxygen atoms in total. The first kappa shape index (κ1) is 25.6. The first-order chi connectivity index (χ1) is 15.0. The molecule has 0 aromatic heterocycles. The van der Waals surface area contributed by atoms with Gasteiger partial charge in [-0.3, -0.25) is 9.59 Å². The SMILES string of the molecule is C=C[C@@H]1CC1(C(=O)N[C@H](C(=O)N[C@H](C)c1ccccc1)C(C)(C)C)[C@H](OCC)C(=O)OC. The molecule has 0 saturated heterocycles. The molecule has 2 rings (SSSR count). The van der Waals surface area contributed by atoms with Crippen LogP contribution in [0.5, 0.6) is 0 Å². The zero-order valence-electron chi connectivity index (χ0n) is 19.9. The molecule has 0 aliphatic heterocycles. The Morgan fingerprint density at radius 1 is 1.22 bits per heavy atom. The highest BCUT2D eigenvalue weighted by Crippen LogP contribution is 2.57. The predicted octanol–water partition coefficient (Wildman–Crippen LogP) is 3.17. The zero-order chi connectivity index (χ0) is 24.1. The summed E-state index contributed by atoms with van der Waals surface area (Å²) in [6, 6.07) is 8.56. The van der Waals surface area contributed by atoms with Crippen LogP contribution in [0.2, 0.25) is 0 Å².